The molecule has 1 saturated heterocycles. The summed E-state index contributed by atoms with van der Waals surface area (Å²) in [4.78, 5) is 19.1. The number of Topliss-reactive ketones (excluding diaryl/α,β-unsaturated/α-hetero) is 1. The zero-order valence-electron chi connectivity index (χ0n) is 15.3. The Labute approximate surface area is 152 Å². The quantitative estimate of drug-likeness (QED) is 0.743. The van der Waals surface area contributed by atoms with Gasteiger partial charge in [-0.2, -0.15) is 4.98 Å². The van der Waals surface area contributed by atoms with Crippen molar-refractivity contribution in [3.05, 3.63) is 35.5 Å². The number of methoxy groups -OCH3 is 2. The molecule has 2 heterocycles. The van der Waals surface area contributed by atoms with Gasteiger partial charge in [-0.15, -0.1) is 0 Å². The minimum Gasteiger partial charge on any atom is -0.493 e. The van der Waals surface area contributed by atoms with Crippen LogP contribution in [0, 0.1) is 0 Å². The first-order chi connectivity index (χ1) is 12.6. The topological polar surface area (TPSA) is 89.7 Å². The van der Waals surface area contributed by atoms with E-state index in [0.717, 1.165) is 19.6 Å². The fraction of sp³-hybridized carbons (Fsp3) is 0.500. The second kappa shape index (κ2) is 8.29. The van der Waals surface area contributed by atoms with Gasteiger partial charge in [-0.25, -0.2) is 0 Å². The summed E-state index contributed by atoms with van der Waals surface area (Å²) in [6.07, 6.45) is 0.694. The Kier molecular flexibility index (Phi) is 5.85. The van der Waals surface area contributed by atoms with Gasteiger partial charge in [0, 0.05) is 38.0 Å². The van der Waals surface area contributed by atoms with Gasteiger partial charge in [-0.3, -0.25) is 9.69 Å². The number of nitrogens with one attached hydrogen (secondary N) is 1. The van der Waals surface area contributed by atoms with Gasteiger partial charge in [-0.05, 0) is 25.2 Å². The lowest BCUT2D eigenvalue weighted by Gasteiger charge is -2.30. The SMILES string of the molecule is COc1ccc(C(=O)CCc2nc(C3CNCCN3C)no2)cc1OC. The standard InChI is InChI=1S/C18H24N4O4/c1-22-9-8-19-11-13(22)18-20-17(26-21-18)7-5-14(23)12-4-6-15(24-2)16(10-12)25-3/h4,6,10,13,19H,5,7-9,11H2,1-3H3. The van der Waals surface area contributed by atoms with Crippen LogP contribution in [0.1, 0.15) is 34.5 Å². The van der Waals surface area contributed by atoms with Gasteiger partial charge >= 0.3 is 0 Å². The Balaban J connectivity index is 1.61. The molecule has 1 aliphatic rings. The van der Waals surface area contributed by atoms with E-state index in [1.54, 1.807) is 32.4 Å². The molecule has 26 heavy (non-hydrogen) atoms. The molecule has 2 aromatic rings. The Bertz CT molecular complexity index is 761. The highest BCUT2D eigenvalue weighted by Crippen LogP contribution is 2.28. The number of carbonyl (C=O) groups is 1. The van der Waals surface area contributed by atoms with E-state index in [1.165, 1.54) is 0 Å². The summed E-state index contributed by atoms with van der Waals surface area (Å²) in [6.45, 7) is 2.68. The summed E-state index contributed by atoms with van der Waals surface area (Å²) in [7, 11) is 5.15. The average molecular weight is 360 g/mol. The number of likely N-dealkylation sites (N-methyl/N-ethyl adjacent to an activating group) is 1. The fourth-order valence-corrected chi connectivity index (χ4v) is 2.97. The molecule has 1 N–H and O–H groups in total. The smallest absolute Gasteiger partial charge is 0.227 e. The highest BCUT2D eigenvalue weighted by atomic mass is 16.5. The minimum absolute atomic E-state index is 0.0119. The van der Waals surface area contributed by atoms with Crippen LogP contribution in [0.4, 0.5) is 0 Å². The zero-order chi connectivity index (χ0) is 18.5. The van der Waals surface area contributed by atoms with Crippen LogP contribution in [-0.4, -0.2) is 61.7 Å². The summed E-state index contributed by atoms with van der Waals surface area (Å²) in [5.41, 5.74) is 0.568. The van der Waals surface area contributed by atoms with Crippen LogP contribution >= 0.6 is 0 Å². The monoisotopic (exact) mass is 360 g/mol. The number of rotatable bonds is 7. The van der Waals surface area contributed by atoms with Gasteiger partial charge in [-0.1, -0.05) is 5.16 Å². The van der Waals surface area contributed by atoms with Crippen molar-refractivity contribution in [3.8, 4) is 11.5 Å². The molecule has 1 fully saturated rings. The molecule has 1 aromatic carbocycles. The first-order valence-electron chi connectivity index (χ1n) is 8.61. The Morgan fingerprint density at radius 2 is 2.15 bits per heavy atom. The highest BCUT2D eigenvalue weighted by Gasteiger charge is 2.25. The molecule has 0 spiro atoms. The summed E-state index contributed by atoms with van der Waals surface area (Å²) < 4.78 is 15.8. The van der Waals surface area contributed by atoms with E-state index in [2.05, 4.69) is 20.4 Å². The number of aromatic nitrogens is 2. The number of carbonyl (C=O) groups excluding carboxylic acids is 1. The van der Waals surface area contributed by atoms with Crippen LogP contribution in [-0.2, 0) is 6.42 Å². The summed E-state index contributed by atoms with van der Waals surface area (Å²) in [5.74, 6) is 2.25. The molecule has 8 heteroatoms. The molecule has 0 saturated carbocycles. The van der Waals surface area contributed by atoms with E-state index in [9.17, 15) is 4.79 Å². The predicted molar refractivity (Wildman–Crippen MR) is 94.7 cm³/mol. The lowest BCUT2D eigenvalue weighted by atomic mass is 10.1. The molecule has 0 bridgehead atoms. The van der Waals surface area contributed by atoms with Crippen LogP contribution in [0.15, 0.2) is 22.7 Å². The molecular weight excluding hydrogens is 336 g/mol. The van der Waals surface area contributed by atoms with E-state index in [-0.39, 0.29) is 18.2 Å². The minimum atomic E-state index is -0.0119. The van der Waals surface area contributed by atoms with E-state index in [4.69, 9.17) is 14.0 Å². The number of hydrogen-bond donors (Lipinski definition) is 1. The Morgan fingerprint density at radius 3 is 2.88 bits per heavy atom. The van der Waals surface area contributed by atoms with Crippen molar-refractivity contribution in [3.63, 3.8) is 0 Å². The molecule has 1 unspecified atom stereocenters. The zero-order valence-corrected chi connectivity index (χ0v) is 15.3. The van der Waals surface area contributed by atoms with E-state index in [0.29, 0.717) is 35.2 Å². The van der Waals surface area contributed by atoms with Gasteiger partial charge in [0.2, 0.25) is 5.89 Å². The fourth-order valence-electron chi connectivity index (χ4n) is 2.97. The average Bonchev–Trinajstić information content (AvgIpc) is 3.14. The third-order valence-electron chi connectivity index (χ3n) is 4.56. The second-order valence-electron chi connectivity index (χ2n) is 6.24. The number of ketones is 1. The lowest BCUT2D eigenvalue weighted by Crippen LogP contribution is -2.44. The molecule has 0 aliphatic carbocycles. The van der Waals surface area contributed by atoms with Gasteiger partial charge in [0.15, 0.2) is 23.1 Å². The van der Waals surface area contributed by atoms with Gasteiger partial charge in [0.05, 0.1) is 20.3 Å². The number of ether oxygens (including phenoxy) is 2. The van der Waals surface area contributed by atoms with Gasteiger partial charge in [0.25, 0.3) is 0 Å². The van der Waals surface area contributed by atoms with Crippen LogP contribution in [0.3, 0.4) is 0 Å². The Morgan fingerprint density at radius 1 is 1.35 bits per heavy atom. The largest absolute Gasteiger partial charge is 0.493 e. The molecule has 1 aliphatic heterocycles. The third-order valence-corrected chi connectivity index (χ3v) is 4.56. The first-order valence-corrected chi connectivity index (χ1v) is 8.61. The molecule has 3 rings (SSSR count). The van der Waals surface area contributed by atoms with Crippen molar-refractivity contribution in [2.24, 2.45) is 0 Å². The summed E-state index contributed by atoms with van der Waals surface area (Å²) >= 11 is 0. The molecular formula is C18H24N4O4. The first kappa shape index (κ1) is 18.3. The van der Waals surface area contributed by atoms with Crippen molar-refractivity contribution >= 4 is 5.78 Å². The van der Waals surface area contributed by atoms with Crippen molar-refractivity contribution in [2.45, 2.75) is 18.9 Å². The highest BCUT2D eigenvalue weighted by molar-refractivity contribution is 5.96. The third kappa shape index (κ3) is 4.03. The molecule has 0 radical (unpaired) electrons. The van der Waals surface area contributed by atoms with Crippen molar-refractivity contribution in [2.75, 3.05) is 40.9 Å². The van der Waals surface area contributed by atoms with Crippen LogP contribution in [0.2, 0.25) is 0 Å². The van der Waals surface area contributed by atoms with Crippen LogP contribution in [0.25, 0.3) is 0 Å². The summed E-state index contributed by atoms with van der Waals surface area (Å²) in [5, 5.41) is 7.40. The molecule has 8 nitrogen and oxygen atoms in total. The van der Waals surface area contributed by atoms with Crippen molar-refractivity contribution in [1.29, 1.82) is 0 Å². The molecule has 140 valence electrons. The van der Waals surface area contributed by atoms with Gasteiger partial charge < -0.3 is 19.3 Å². The summed E-state index contributed by atoms with van der Waals surface area (Å²) in [6, 6.07) is 5.24. The maximum atomic E-state index is 12.4. The van der Waals surface area contributed by atoms with E-state index in [1.807, 2.05) is 7.05 Å². The van der Waals surface area contributed by atoms with Crippen molar-refractivity contribution < 1.29 is 18.8 Å². The maximum absolute atomic E-state index is 12.4. The van der Waals surface area contributed by atoms with Crippen LogP contribution < -0.4 is 14.8 Å². The maximum Gasteiger partial charge on any atom is 0.227 e. The second-order valence-corrected chi connectivity index (χ2v) is 6.24. The number of aryl methyl sites for hydroxylation is 1. The number of benzene rings is 1. The number of hydrogen-bond acceptors (Lipinski definition) is 8. The number of piperazine rings is 1. The molecule has 1 aromatic heterocycles. The van der Waals surface area contributed by atoms with Crippen LogP contribution in [0.5, 0.6) is 11.5 Å². The normalized spacial score (nSPS) is 17.9. The van der Waals surface area contributed by atoms with Crippen molar-refractivity contribution in [1.82, 2.24) is 20.4 Å². The van der Waals surface area contributed by atoms with Gasteiger partial charge in [0.1, 0.15) is 0 Å². The van der Waals surface area contributed by atoms with E-state index >= 15 is 0 Å². The number of nitrogens with zero attached hydrogens (tertiary/aromatic N) is 3. The molecule has 1 atom stereocenters. The van der Waals surface area contributed by atoms with E-state index < -0.39 is 0 Å². The Hall–Kier alpha value is -2.45. The molecule has 0 amide bonds. The lowest BCUT2D eigenvalue weighted by molar-refractivity contribution is 0.0979. The predicted octanol–water partition coefficient (Wildman–Crippen LogP) is 1.48.